The van der Waals surface area contributed by atoms with Crippen LogP contribution in [-0.2, 0) is 0 Å². The highest BCUT2D eigenvalue weighted by Crippen LogP contribution is 2.37. The van der Waals surface area contributed by atoms with Gasteiger partial charge in [-0.05, 0) is 23.8 Å². The molecule has 0 radical (unpaired) electrons. The third-order valence-electron chi connectivity index (χ3n) is 1.56. The van der Waals surface area contributed by atoms with Crippen molar-refractivity contribution in [1.82, 2.24) is 4.98 Å². The van der Waals surface area contributed by atoms with Crippen LogP contribution in [0.1, 0.15) is 5.56 Å². The monoisotopic (exact) mass is 195 g/mol. The molecule has 1 fully saturated rings. The standard InChI is InChI=1S/C9H9NS2/c1-3-10-4-2-8(1)7-9-11-5-6-12-9/h1-4,7H,5-6H2. The summed E-state index contributed by atoms with van der Waals surface area (Å²) in [6.45, 7) is 0. The van der Waals surface area contributed by atoms with Crippen molar-refractivity contribution in [2.45, 2.75) is 0 Å². The Kier molecular flexibility index (Phi) is 2.74. The van der Waals surface area contributed by atoms with Gasteiger partial charge in [0.1, 0.15) is 0 Å². The first kappa shape index (κ1) is 8.20. The van der Waals surface area contributed by atoms with E-state index in [0.717, 1.165) is 0 Å². The van der Waals surface area contributed by atoms with Crippen molar-refractivity contribution in [1.29, 1.82) is 0 Å². The Balaban J connectivity index is 2.16. The average Bonchev–Trinajstić information content (AvgIpc) is 2.59. The zero-order valence-corrected chi connectivity index (χ0v) is 8.20. The minimum absolute atomic E-state index is 1.25. The smallest absolute Gasteiger partial charge is 0.0407 e. The third kappa shape index (κ3) is 2.05. The van der Waals surface area contributed by atoms with E-state index in [9.17, 15) is 0 Å². The van der Waals surface area contributed by atoms with Crippen LogP contribution < -0.4 is 0 Å². The molecule has 3 heteroatoms. The molecule has 0 N–H and O–H groups in total. The Hall–Kier alpha value is -0.410. The lowest BCUT2D eigenvalue weighted by Gasteiger charge is -1.93. The largest absolute Gasteiger partial charge is 0.265 e. The maximum Gasteiger partial charge on any atom is 0.0407 e. The van der Waals surface area contributed by atoms with Crippen LogP contribution in [0.3, 0.4) is 0 Å². The molecule has 62 valence electrons. The van der Waals surface area contributed by atoms with Gasteiger partial charge >= 0.3 is 0 Å². The quantitative estimate of drug-likeness (QED) is 0.684. The molecule has 1 aliphatic heterocycles. The van der Waals surface area contributed by atoms with Crippen LogP contribution in [0.5, 0.6) is 0 Å². The fourth-order valence-corrected chi connectivity index (χ4v) is 3.35. The Labute approximate surface area is 80.7 Å². The van der Waals surface area contributed by atoms with E-state index in [2.05, 4.69) is 11.1 Å². The SMILES string of the molecule is C(=C1SCCS1)c1ccncc1. The Bertz CT molecular complexity index is 274. The van der Waals surface area contributed by atoms with Gasteiger partial charge in [-0.1, -0.05) is 0 Å². The highest BCUT2D eigenvalue weighted by atomic mass is 32.2. The normalized spacial score (nSPS) is 16.5. The zero-order valence-electron chi connectivity index (χ0n) is 6.56. The van der Waals surface area contributed by atoms with Crippen LogP contribution in [0.4, 0.5) is 0 Å². The second-order valence-corrected chi connectivity index (χ2v) is 4.97. The lowest BCUT2D eigenvalue weighted by molar-refractivity contribution is 1.32. The van der Waals surface area contributed by atoms with E-state index >= 15 is 0 Å². The van der Waals surface area contributed by atoms with Crippen molar-refractivity contribution in [2.75, 3.05) is 11.5 Å². The molecule has 2 rings (SSSR count). The highest BCUT2D eigenvalue weighted by Gasteiger charge is 2.06. The predicted octanol–water partition coefficient (Wildman–Crippen LogP) is 2.86. The van der Waals surface area contributed by atoms with E-state index in [4.69, 9.17) is 0 Å². The van der Waals surface area contributed by atoms with Crippen LogP contribution in [-0.4, -0.2) is 16.5 Å². The first-order valence-electron chi connectivity index (χ1n) is 3.82. The molecule has 1 nitrogen and oxygen atoms in total. The maximum atomic E-state index is 3.98. The van der Waals surface area contributed by atoms with Crippen molar-refractivity contribution in [2.24, 2.45) is 0 Å². The molecule has 0 aliphatic carbocycles. The fraction of sp³-hybridized carbons (Fsp3) is 0.222. The van der Waals surface area contributed by atoms with Gasteiger partial charge in [0, 0.05) is 28.1 Å². The minimum Gasteiger partial charge on any atom is -0.265 e. The van der Waals surface area contributed by atoms with Gasteiger partial charge in [-0.15, -0.1) is 23.5 Å². The van der Waals surface area contributed by atoms with Gasteiger partial charge < -0.3 is 0 Å². The van der Waals surface area contributed by atoms with Crippen molar-refractivity contribution >= 4 is 29.6 Å². The van der Waals surface area contributed by atoms with Crippen molar-refractivity contribution in [3.63, 3.8) is 0 Å². The van der Waals surface area contributed by atoms with Crippen molar-refractivity contribution in [3.8, 4) is 0 Å². The number of aromatic nitrogens is 1. The van der Waals surface area contributed by atoms with Gasteiger partial charge in [-0.3, -0.25) is 4.98 Å². The molecule has 1 aromatic heterocycles. The first-order valence-corrected chi connectivity index (χ1v) is 5.79. The molecule has 2 heterocycles. The number of nitrogens with zero attached hydrogens (tertiary/aromatic N) is 1. The molecule has 0 spiro atoms. The molecule has 1 saturated heterocycles. The molecule has 0 bridgehead atoms. The Morgan fingerprint density at radius 1 is 1.17 bits per heavy atom. The van der Waals surface area contributed by atoms with Gasteiger partial charge in [0.2, 0.25) is 0 Å². The molecule has 1 aromatic rings. The fourth-order valence-electron chi connectivity index (χ4n) is 1.01. The van der Waals surface area contributed by atoms with Gasteiger partial charge in [0.05, 0.1) is 0 Å². The van der Waals surface area contributed by atoms with Crippen LogP contribution in [0, 0.1) is 0 Å². The van der Waals surface area contributed by atoms with E-state index < -0.39 is 0 Å². The van der Waals surface area contributed by atoms with Crippen LogP contribution in [0.2, 0.25) is 0 Å². The minimum atomic E-state index is 1.25. The topological polar surface area (TPSA) is 12.9 Å². The van der Waals surface area contributed by atoms with E-state index in [-0.39, 0.29) is 0 Å². The molecule has 0 unspecified atom stereocenters. The van der Waals surface area contributed by atoms with Gasteiger partial charge in [-0.2, -0.15) is 0 Å². The molecule has 0 aromatic carbocycles. The summed E-state index contributed by atoms with van der Waals surface area (Å²) < 4.78 is 1.43. The Morgan fingerprint density at radius 3 is 2.50 bits per heavy atom. The number of pyridine rings is 1. The van der Waals surface area contributed by atoms with E-state index in [0.29, 0.717) is 0 Å². The second-order valence-electron chi connectivity index (χ2n) is 2.44. The summed E-state index contributed by atoms with van der Waals surface area (Å²) in [5.41, 5.74) is 1.25. The summed E-state index contributed by atoms with van der Waals surface area (Å²) >= 11 is 3.88. The number of hydrogen-bond acceptors (Lipinski definition) is 3. The highest BCUT2D eigenvalue weighted by molar-refractivity contribution is 8.25. The maximum absolute atomic E-state index is 3.98. The van der Waals surface area contributed by atoms with Gasteiger partial charge in [0.25, 0.3) is 0 Å². The van der Waals surface area contributed by atoms with Crippen molar-refractivity contribution < 1.29 is 0 Å². The lowest BCUT2D eigenvalue weighted by Crippen LogP contribution is -1.72. The Morgan fingerprint density at radius 2 is 1.83 bits per heavy atom. The van der Waals surface area contributed by atoms with E-state index in [1.165, 1.54) is 21.3 Å². The molecular weight excluding hydrogens is 186 g/mol. The summed E-state index contributed by atoms with van der Waals surface area (Å²) in [5.74, 6) is 2.50. The first-order chi connectivity index (χ1) is 5.95. The van der Waals surface area contributed by atoms with Crippen LogP contribution >= 0.6 is 23.5 Å². The summed E-state index contributed by atoms with van der Waals surface area (Å²) in [6, 6.07) is 4.07. The lowest BCUT2D eigenvalue weighted by atomic mass is 10.3. The number of rotatable bonds is 1. The van der Waals surface area contributed by atoms with Gasteiger partial charge in [-0.25, -0.2) is 0 Å². The molecule has 0 amide bonds. The molecular formula is C9H9NS2. The molecule has 0 atom stereocenters. The number of hydrogen-bond donors (Lipinski definition) is 0. The summed E-state index contributed by atoms with van der Waals surface area (Å²) in [6.07, 6.45) is 5.89. The van der Waals surface area contributed by atoms with Crippen LogP contribution in [0.25, 0.3) is 6.08 Å². The molecule has 12 heavy (non-hydrogen) atoms. The second kappa shape index (κ2) is 4.01. The van der Waals surface area contributed by atoms with Crippen molar-refractivity contribution in [3.05, 3.63) is 34.3 Å². The average molecular weight is 195 g/mol. The van der Waals surface area contributed by atoms with Gasteiger partial charge in [0.15, 0.2) is 0 Å². The molecule has 0 saturated carbocycles. The predicted molar refractivity (Wildman–Crippen MR) is 57.1 cm³/mol. The third-order valence-corrected chi connectivity index (χ3v) is 4.15. The van der Waals surface area contributed by atoms with E-state index in [1.54, 1.807) is 0 Å². The molecule has 1 aliphatic rings. The van der Waals surface area contributed by atoms with E-state index in [1.807, 2.05) is 48.1 Å². The summed E-state index contributed by atoms with van der Waals surface area (Å²) in [7, 11) is 0. The summed E-state index contributed by atoms with van der Waals surface area (Å²) in [4.78, 5) is 3.98. The zero-order chi connectivity index (χ0) is 8.23. The van der Waals surface area contributed by atoms with Crippen LogP contribution in [0.15, 0.2) is 28.8 Å². The number of thioether (sulfide) groups is 2. The summed E-state index contributed by atoms with van der Waals surface area (Å²) in [5, 5.41) is 0.